The summed E-state index contributed by atoms with van der Waals surface area (Å²) < 4.78 is 3.20. The number of aromatic nitrogens is 1. The molecule has 1 nitrogen and oxygen atoms in total. The topological polar surface area (TPSA) is 4.93 Å². The Morgan fingerprint density at radius 2 is 1.55 bits per heavy atom. The Bertz CT molecular complexity index is 1180. The Kier molecular flexibility index (Phi) is 7.14. The molecule has 2 bridgehead atoms. The third-order valence-corrected chi connectivity index (χ3v) is 12.1. The molecule has 2 aliphatic carbocycles. The van der Waals surface area contributed by atoms with Gasteiger partial charge in [-0.15, -0.1) is 0 Å². The first-order valence-corrected chi connectivity index (χ1v) is 14.9. The van der Waals surface area contributed by atoms with E-state index in [0.717, 1.165) is 5.54 Å². The van der Waals surface area contributed by atoms with Gasteiger partial charge in [0.25, 0.3) is 0 Å². The van der Waals surface area contributed by atoms with Gasteiger partial charge in [0.2, 0.25) is 0 Å². The van der Waals surface area contributed by atoms with Gasteiger partial charge in [-0.05, 0) is 37.6 Å². The second kappa shape index (κ2) is 9.02. The third kappa shape index (κ3) is 3.72. The van der Waals surface area contributed by atoms with E-state index in [4.69, 9.17) is 0 Å². The van der Waals surface area contributed by atoms with Crippen molar-refractivity contribution >= 4 is 19.3 Å². The molecule has 0 spiro atoms. The quantitative estimate of drug-likeness (QED) is 0.401. The van der Waals surface area contributed by atoms with Gasteiger partial charge < -0.3 is 29.4 Å². The van der Waals surface area contributed by atoms with Crippen LogP contribution in [0.2, 0.25) is 13.1 Å². The predicted molar refractivity (Wildman–Crippen MR) is 122 cm³/mol. The summed E-state index contributed by atoms with van der Waals surface area (Å²) in [7, 11) is -1.19. The Morgan fingerprint density at radius 1 is 0.903 bits per heavy atom. The molecule has 2 atom stereocenters. The summed E-state index contributed by atoms with van der Waals surface area (Å²) in [4.78, 5) is 0. The van der Waals surface area contributed by atoms with Gasteiger partial charge in [0, 0.05) is 22.6 Å². The van der Waals surface area contributed by atoms with Crippen LogP contribution in [0.4, 0.5) is 0 Å². The van der Waals surface area contributed by atoms with Crippen molar-refractivity contribution in [3.8, 4) is 5.69 Å². The van der Waals surface area contributed by atoms with E-state index in [-0.39, 0.29) is 24.8 Å². The number of benzene rings is 2. The van der Waals surface area contributed by atoms with E-state index in [9.17, 15) is 0 Å². The number of allylic oxidation sites excluding steroid dienone is 2. The van der Waals surface area contributed by atoms with E-state index in [1.165, 1.54) is 22.5 Å². The average molecular weight is 543 g/mol. The molecule has 5 heteroatoms. The molecular formula is C26H26Cl2NSiZr. The molecular weight excluding hydrogens is 517 g/mol. The number of hydrogen-bond donors (Lipinski definition) is 0. The molecule has 2 aromatic carbocycles. The van der Waals surface area contributed by atoms with Gasteiger partial charge in [-0.25, -0.2) is 0 Å². The molecule has 2 unspecified atom stereocenters. The van der Waals surface area contributed by atoms with Gasteiger partial charge in [0.05, 0.1) is 8.07 Å². The molecule has 0 N–H and O–H groups in total. The van der Waals surface area contributed by atoms with E-state index in [0.29, 0.717) is 3.63 Å². The summed E-state index contributed by atoms with van der Waals surface area (Å²) in [6, 6.07) is 21.8. The molecule has 31 heavy (non-hydrogen) atoms. The molecule has 3 heterocycles. The van der Waals surface area contributed by atoms with Crippen LogP contribution in [0.3, 0.4) is 0 Å². The van der Waals surface area contributed by atoms with Crippen LogP contribution in [-0.2, 0) is 24.7 Å². The number of nitrogens with zero attached hydrogens (tertiary/aromatic N) is 1. The molecule has 7 rings (SSSR count). The van der Waals surface area contributed by atoms with Crippen molar-refractivity contribution in [3.05, 3.63) is 100 Å². The second-order valence-electron chi connectivity index (χ2n) is 8.93. The summed E-state index contributed by atoms with van der Waals surface area (Å²) in [5.74, 6) is 0. The van der Waals surface area contributed by atoms with Crippen LogP contribution in [-0.4, -0.2) is 12.6 Å². The van der Waals surface area contributed by atoms with E-state index >= 15 is 0 Å². The summed E-state index contributed by atoms with van der Waals surface area (Å²) in [5.41, 5.74) is 11.1. The second-order valence-corrected chi connectivity index (χ2v) is 15.0. The van der Waals surface area contributed by atoms with Crippen LogP contribution in [0.25, 0.3) is 17.0 Å². The molecule has 1 aromatic heterocycles. The van der Waals surface area contributed by atoms with Gasteiger partial charge in [0.1, 0.15) is 0 Å². The fraction of sp³-hybridized carbons (Fsp3) is 0.231. The van der Waals surface area contributed by atoms with Crippen LogP contribution in [0.1, 0.15) is 44.2 Å². The van der Waals surface area contributed by atoms with Crippen molar-refractivity contribution in [2.75, 3.05) is 0 Å². The fourth-order valence-electron chi connectivity index (χ4n) is 5.68. The predicted octanol–water partition coefficient (Wildman–Crippen LogP) is 0.766. The molecule has 157 valence electrons. The van der Waals surface area contributed by atoms with E-state index in [1.807, 2.05) is 0 Å². The number of fused-ring (bicyclic) bond motifs is 1. The Hall–Kier alpha value is -1.12. The normalized spacial score (nSPS) is 20.6. The zero-order chi connectivity index (χ0) is 20.3. The van der Waals surface area contributed by atoms with Crippen molar-refractivity contribution < 1.29 is 49.5 Å². The Labute approximate surface area is 214 Å². The maximum atomic E-state index is 2.52. The van der Waals surface area contributed by atoms with Crippen molar-refractivity contribution in [1.29, 1.82) is 0 Å². The van der Waals surface area contributed by atoms with Crippen LogP contribution < -0.4 is 24.8 Å². The first-order valence-electron chi connectivity index (χ1n) is 10.4. The van der Waals surface area contributed by atoms with E-state index in [1.54, 1.807) is 46.7 Å². The van der Waals surface area contributed by atoms with E-state index in [2.05, 4.69) is 104 Å². The summed E-state index contributed by atoms with van der Waals surface area (Å²) in [6.07, 6.45) is 4.50. The fourth-order valence-corrected chi connectivity index (χ4v) is 10.9. The van der Waals surface area contributed by atoms with Crippen LogP contribution in [0.5, 0.6) is 0 Å². The summed E-state index contributed by atoms with van der Waals surface area (Å²) >= 11 is 1.59. The van der Waals surface area contributed by atoms with Gasteiger partial charge in [-0.1, -0.05) is 42.1 Å². The molecule has 0 fully saturated rings. The Morgan fingerprint density at radius 3 is 2.19 bits per heavy atom. The zero-order valence-corrected chi connectivity index (χ0v) is 23.3. The molecule has 4 aliphatic rings. The molecule has 2 aliphatic heterocycles. The number of hydrogen-bond acceptors (Lipinski definition) is 0. The Balaban J connectivity index is 0.000000194. The van der Waals surface area contributed by atoms with Crippen LogP contribution in [0, 0.1) is 6.92 Å². The van der Waals surface area contributed by atoms with Crippen LogP contribution in [0.15, 0.2) is 72.3 Å². The minimum absolute atomic E-state index is 0. The van der Waals surface area contributed by atoms with Crippen molar-refractivity contribution in [1.82, 2.24) is 4.57 Å². The third-order valence-electron chi connectivity index (χ3n) is 6.77. The van der Waals surface area contributed by atoms with Crippen molar-refractivity contribution in [2.24, 2.45) is 0 Å². The molecule has 0 saturated carbocycles. The van der Waals surface area contributed by atoms with Gasteiger partial charge in [0.15, 0.2) is 0 Å². The summed E-state index contributed by atoms with van der Waals surface area (Å²) in [6.45, 7) is 9.60. The van der Waals surface area contributed by atoms with Gasteiger partial charge in [-0.3, -0.25) is 0 Å². The molecule has 3 aromatic rings. The van der Waals surface area contributed by atoms with Crippen molar-refractivity contribution in [3.63, 3.8) is 0 Å². The monoisotopic (exact) mass is 540 g/mol. The SMILES string of the molecule is CC1=C2c3cc(C)n(-c4ccccc4)c3C1[Si]2(C)C.[Cl-].[Cl-].[Zr+2][CH]1C=Cc2ccccc21. The molecule has 0 saturated heterocycles. The zero-order valence-electron chi connectivity index (χ0n) is 18.3. The first-order chi connectivity index (χ1) is 13.9. The van der Waals surface area contributed by atoms with Crippen molar-refractivity contribution in [2.45, 2.75) is 36.1 Å². The number of rotatable bonds is 1. The average Bonchev–Trinajstić information content (AvgIpc) is 3.38. The number of halogens is 2. The van der Waals surface area contributed by atoms with Gasteiger partial charge >= 0.3 is 75.9 Å². The number of para-hydroxylation sites is 1. The maximum absolute atomic E-state index is 2.52. The molecule has 0 amide bonds. The van der Waals surface area contributed by atoms with E-state index < -0.39 is 8.07 Å². The van der Waals surface area contributed by atoms with Gasteiger partial charge in [-0.2, -0.15) is 0 Å². The van der Waals surface area contributed by atoms with Crippen LogP contribution >= 0.6 is 0 Å². The first kappa shape index (κ1) is 24.5. The molecule has 0 radical (unpaired) electrons. The minimum atomic E-state index is -1.19. The summed E-state index contributed by atoms with van der Waals surface area (Å²) in [5, 5.41) is 1.73. The standard InChI is InChI=1S/C17H19NSi.C9H7.2ClH.Zr/c1-11-10-14-15(17-12(2)16(14)19(17,3)4)18(11)13-8-6-5-7-9-13;1-2-5-9-7-3-6-8(9)4-1;;;/h5-10,17H,1-4H3;1-7H;2*1H;/q;;;;+2/p-2. The number of aryl methyl sites for hydroxylation is 1.